The Morgan fingerprint density at radius 3 is 0.765 bits per heavy atom. The van der Waals surface area contributed by atoms with E-state index in [4.69, 9.17) is 0 Å². The Morgan fingerprint density at radius 1 is 0.373 bits per heavy atom. The lowest BCUT2D eigenvalue weighted by Gasteiger charge is -2.54. The highest BCUT2D eigenvalue weighted by atomic mass is 31.4. The number of rotatable bonds is 3. The molecule has 1 heterocycles. The Balaban J connectivity index is 2.98. The van der Waals surface area contributed by atoms with E-state index < -0.39 is 22.4 Å². The molecule has 288 valence electrons. The lowest BCUT2D eigenvalue weighted by molar-refractivity contribution is 0.546. The second kappa shape index (κ2) is 13.1. The second-order valence-corrected chi connectivity index (χ2v) is 39.2. The monoisotopic (exact) mass is 749 g/mol. The molecule has 0 amide bonds. The van der Waals surface area contributed by atoms with Gasteiger partial charge in [-0.25, -0.2) is 0 Å². The van der Waals surface area contributed by atoms with Crippen LogP contribution in [0.15, 0.2) is 24.3 Å². The zero-order valence-electron chi connectivity index (χ0n) is 38.7. The number of hydrogen-bond donors (Lipinski definition) is 0. The molecule has 2 aromatic rings. The van der Waals surface area contributed by atoms with Gasteiger partial charge in [-0.1, -0.05) is 204 Å². The van der Waals surface area contributed by atoms with E-state index in [0.717, 1.165) is 0 Å². The van der Waals surface area contributed by atoms with Crippen molar-refractivity contribution in [1.82, 2.24) is 0 Å². The van der Waals surface area contributed by atoms with Gasteiger partial charge in [0.15, 0.2) is 0 Å². The van der Waals surface area contributed by atoms with Crippen LogP contribution in [0, 0.1) is 0 Å². The van der Waals surface area contributed by atoms with Crippen LogP contribution in [0.3, 0.4) is 0 Å². The summed E-state index contributed by atoms with van der Waals surface area (Å²) in [6, 6.07) is 10.6. The molecule has 3 heteroatoms. The quantitative estimate of drug-likeness (QED) is 0.217. The minimum atomic E-state index is -1.96. The van der Waals surface area contributed by atoms with Gasteiger partial charge in [0.1, 0.15) is 0 Å². The Labute approximate surface area is 321 Å². The van der Waals surface area contributed by atoms with Crippen LogP contribution < -0.4 is 0 Å². The average molecular weight is 749 g/mol. The molecule has 0 saturated heterocycles. The van der Waals surface area contributed by atoms with Gasteiger partial charge in [-0.3, -0.25) is 0 Å². The van der Waals surface area contributed by atoms with Crippen LogP contribution >= 0.6 is 14.6 Å². The van der Waals surface area contributed by atoms with E-state index in [2.05, 4.69) is 204 Å². The van der Waals surface area contributed by atoms with Crippen molar-refractivity contribution in [3.05, 3.63) is 68.8 Å². The molecule has 0 atom stereocenters. The first-order chi connectivity index (χ1) is 22.2. The van der Waals surface area contributed by atoms with Gasteiger partial charge in [0, 0.05) is 15.2 Å². The summed E-state index contributed by atoms with van der Waals surface area (Å²) < 4.78 is 0. The fraction of sp³-hybridized carbons (Fsp3) is 0.708. The van der Waals surface area contributed by atoms with Crippen molar-refractivity contribution >= 4 is 32.4 Å². The topological polar surface area (TPSA) is 0 Å². The van der Waals surface area contributed by atoms with E-state index in [0.29, 0.717) is 0 Å². The maximum atomic E-state index is 2.77. The highest BCUT2D eigenvalue weighted by Gasteiger charge is 2.54. The molecule has 0 radical (unpaired) electrons. The highest BCUT2D eigenvalue weighted by Crippen LogP contribution is 2.74. The van der Waals surface area contributed by atoms with Gasteiger partial charge >= 0.3 is 0 Å². The molecule has 51 heavy (non-hydrogen) atoms. The van der Waals surface area contributed by atoms with Crippen LogP contribution in [0.25, 0.3) is 0 Å². The largest absolute Gasteiger partial charge is 0.102 e. The molecule has 0 spiro atoms. The van der Waals surface area contributed by atoms with E-state index in [1.165, 1.54) is 11.1 Å². The summed E-state index contributed by atoms with van der Waals surface area (Å²) in [6.45, 7) is 65.1. The summed E-state index contributed by atoms with van der Waals surface area (Å²) in [4.78, 5) is 0. The Kier molecular flexibility index (Phi) is 11.5. The maximum Gasteiger partial charge on any atom is 0.0920 e. The van der Waals surface area contributed by atoms with Gasteiger partial charge in [0.25, 0.3) is 0 Å². The van der Waals surface area contributed by atoms with E-state index >= 15 is 0 Å². The van der Waals surface area contributed by atoms with Gasteiger partial charge < -0.3 is 0 Å². The Bertz CT molecular complexity index is 1570. The van der Waals surface area contributed by atoms with Crippen molar-refractivity contribution in [2.45, 2.75) is 222 Å². The molecule has 0 bridgehead atoms. The predicted octanol–water partition coefficient (Wildman–Crippen LogP) is 15.9. The lowest BCUT2D eigenvalue weighted by Crippen LogP contribution is -2.45. The van der Waals surface area contributed by atoms with E-state index in [-0.39, 0.29) is 42.7 Å². The summed E-state index contributed by atoms with van der Waals surface area (Å²) in [5.74, 6) is 0. The zero-order valence-corrected chi connectivity index (χ0v) is 41.5. The van der Waals surface area contributed by atoms with Crippen molar-refractivity contribution in [1.29, 1.82) is 0 Å². The van der Waals surface area contributed by atoms with Crippen molar-refractivity contribution in [3.63, 3.8) is 0 Å². The van der Waals surface area contributed by atoms with Gasteiger partial charge in [-0.15, -0.1) is 7.17 Å². The van der Waals surface area contributed by atoms with Gasteiger partial charge in [0.05, 0.1) is 7.74 Å². The van der Waals surface area contributed by atoms with Crippen LogP contribution in [-0.2, 0) is 32.5 Å². The first-order valence-electron chi connectivity index (χ1n) is 19.9. The summed E-state index contributed by atoms with van der Waals surface area (Å²) in [7, 11) is -3.10. The van der Waals surface area contributed by atoms with Crippen LogP contribution in [0.2, 0.25) is 18.1 Å². The van der Waals surface area contributed by atoms with E-state index in [1.807, 2.05) is 10.1 Å². The molecule has 1 aliphatic heterocycles. The standard InChI is InChI=1S/C48H82P2Si/c1-41(2,3)31-27-33(43(7,8)9)37(34(28-31)44(10,11)12)39-49(47(19,20)21)40(50(39)51(25,26)48(22,23)24)38-35(45(13,14)15)29-32(42(4,5)6)30-36(38)46(16,17)18/h27-30H,1-26H3. The summed E-state index contributed by atoms with van der Waals surface area (Å²) in [6.07, 6.45) is 0. The first-order valence-corrected chi connectivity index (χ1v) is 26.4. The summed E-state index contributed by atoms with van der Waals surface area (Å²) in [5, 5.41) is 4.13. The Morgan fingerprint density at radius 2 is 0.608 bits per heavy atom. The van der Waals surface area contributed by atoms with Crippen molar-refractivity contribution in [2.24, 2.45) is 0 Å². The fourth-order valence-corrected chi connectivity index (χ4v) is 28.6. The third kappa shape index (κ3) is 8.68. The van der Waals surface area contributed by atoms with Gasteiger partial charge in [-0.05, 0) is 89.5 Å². The fourth-order valence-electron chi connectivity index (χ4n) is 7.30. The molecule has 0 aromatic heterocycles. The van der Waals surface area contributed by atoms with Crippen LogP contribution in [0.5, 0.6) is 0 Å². The summed E-state index contributed by atoms with van der Waals surface area (Å²) in [5.41, 5.74) is 12.8. The molecule has 0 saturated carbocycles. The molecule has 0 fully saturated rings. The molecule has 3 rings (SSSR count). The second-order valence-electron chi connectivity index (χ2n) is 24.7. The maximum absolute atomic E-state index is 2.77. The molecule has 2 aromatic carbocycles. The van der Waals surface area contributed by atoms with Crippen LogP contribution in [-0.4, -0.2) is 23.0 Å². The minimum absolute atomic E-state index is 0.0220. The normalized spacial score (nSPS) is 18.4. The molecule has 0 nitrogen and oxygen atoms in total. The third-order valence-corrected chi connectivity index (χ3v) is 30.6. The molecule has 0 aliphatic carbocycles. The SMILES string of the molecule is CC(C)(C)c1cc(C(C)(C)C)c(C2=P(C(C)(C)C)=C(c3c(C(C)(C)C)cc(C(C)(C)C)cc3C(C)(C)C)P2[Si](C)(C)C(C)(C)C)c(C(C)(C)C)c1. The minimum Gasteiger partial charge on any atom is -0.102 e. The third-order valence-electron chi connectivity index (χ3n) is 11.6. The van der Waals surface area contributed by atoms with Crippen LogP contribution in [0.4, 0.5) is 0 Å². The average Bonchev–Trinajstić information content (AvgIpc) is 2.82. The molecule has 0 N–H and O–H groups in total. The number of hydrogen-bond acceptors (Lipinski definition) is 0. The highest BCUT2D eigenvalue weighted by molar-refractivity contribution is 8.31. The Hall–Kier alpha value is -0.873. The zero-order chi connectivity index (χ0) is 40.3. The molecule has 1 aliphatic rings. The van der Waals surface area contributed by atoms with Crippen LogP contribution in [0.1, 0.15) is 211 Å². The predicted molar refractivity (Wildman–Crippen MR) is 244 cm³/mol. The molecule has 0 unspecified atom stereocenters. The first kappa shape index (κ1) is 44.5. The summed E-state index contributed by atoms with van der Waals surface area (Å²) >= 11 is 0. The van der Waals surface area contributed by atoms with Crippen molar-refractivity contribution in [2.75, 3.05) is 0 Å². The van der Waals surface area contributed by atoms with E-state index in [1.54, 1.807) is 33.4 Å². The molecular formula is C48H82P2Si. The van der Waals surface area contributed by atoms with Gasteiger partial charge in [0.2, 0.25) is 0 Å². The van der Waals surface area contributed by atoms with Crippen molar-refractivity contribution < 1.29 is 0 Å². The lowest BCUT2D eigenvalue weighted by atomic mass is 9.72. The van der Waals surface area contributed by atoms with Crippen molar-refractivity contribution in [3.8, 4) is 0 Å². The smallest absolute Gasteiger partial charge is 0.0920 e. The molecular weight excluding hydrogens is 667 g/mol. The van der Waals surface area contributed by atoms with Gasteiger partial charge in [-0.2, -0.15) is 0 Å². The van der Waals surface area contributed by atoms with E-state index in [9.17, 15) is 0 Å². The number of benzene rings is 2.